The van der Waals surface area contributed by atoms with Crippen LogP contribution in [0.15, 0.2) is 18.2 Å². The maximum Gasteiger partial charge on any atom is 0.0762 e. The molecule has 2 rings (SSSR count). The van der Waals surface area contributed by atoms with Crippen molar-refractivity contribution >= 4 is 17.3 Å². The van der Waals surface area contributed by atoms with Crippen LogP contribution in [0.25, 0.3) is 0 Å². The van der Waals surface area contributed by atoms with Crippen LogP contribution < -0.4 is 4.90 Å². The van der Waals surface area contributed by atoms with Crippen molar-refractivity contribution in [3.63, 3.8) is 0 Å². The topological polar surface area (TPSA) is 23.5 Å². The van der Waals surface area contributed by atoms with Crippen molar-refractivity contribution in [3.05, 3.63) is 28.8 Å². The third-order valence-corrected chi connectivity index (χ3v) is 4.42. The number of halogens is 1. The summed E-state index contributed by atoms with van der Waals surface area (Å²) < 4.78 is 0. The summed E-state index contributed by atoms with van der Waals surface area (Å²) in [4.78, 5) is 2.25. The van der Waals surface area contributed by atoms with Gasteiger partial charge in [-0.15, -0.1) is 0 Å². The van der Waals surface area contributed by atoms with Gasteiger partial charge in [0.05, 0.1) is 16.8 Å². The molecule has 2 nitrogen and oxygen atoms in total. The van der Waals surface area contributed by atoms with Gasteiger partial charge in [0.2, 0.25) is 0 Å². The fourth-order valence-electron chi connectivity index (χ4n) is 2.95. The quantitative estimate of drug-likeness (QED) is 0.884. The van der Waals surface area contributed by atoms with Crippen LogP contribution in [0.2, 0.25) is 5.02 Å². The Kier molecular flexibility index (Phi) is 5.12. The largest absolute Gasteiger partial charge is 0.389 e. The van der Waals surface area contributed by atoms with Gasteiger partial charge < -0.3 is 10.0 Å². The van der Waals surface area contributed by atoms with Crippen LogP contribution in [0.4, 0.5) is 5.69 Å². The second kappa shape index (κ2) is 6.62. The predicted molar refractivity (Wildman–Crippen MR) is 81.9 cm³/mol. The van der Waals surface area contributed by atoms with Gasteiger partial charge in [-0.25, -0.2) is 0 Å². The molecule has 19 heavy (non-hydrogen) atoms. The Labute approximate surface area is 121 Å². The highest BCUT2D eigenvalue weighted by Crippen LogP contribution is 2.31. The number of nitrogens with zero attached hydrogens (tertiary/aromatic N) is 1. The lowest BCUT2D eigenvalue weighted by Crippen LogP contribution is -2.27. The summed E-state index contributed by atoms with van der Waals surface area (Å²) in [5.41, 5.74) is 1.94. The average Bonchev–Trinajstić information content (AvgIpc) is 2.39. The monoisotopic (exact) mass is 281 g/mol. The number of benzene rings is 1. The van der Waals surface area contributed by atoms with Crippen molar-refractivity contribution in [2.75, 3.05) is 18.5 Å². The SMILES string of the molecule is C[C@@H](O)c1ccc(N(C)CC2CCCCC2)c(Cl)c1. The molecule has 0 aromatic heterocycles. The van der Waals surface area contributed by atoms with E-state index in [-0.39, 0.29) is 0 Å². The second-order valence-electron chi connectivity index (χ2n) is 5.77. The minimum absolute atomic E-state index is 0.463. The first-order valence-corrected chi connectivity index (χ1v) is 7.64. The molecule has 0 heterocycles. The Bertz CT molecular complexity index is 413. The Morgan fingerprint density at radius 2 is 2.00 bits per heavy atom. The molecule has 0 unspecified atom stereocenters. The summed E-state index contributed by atoms with van der Waals surface area (Å²) in [5, 5.41) is 10.3. The zero-order valence-corrected chi connectivity index (χ0v) is 12.7. The Balaban J connectivity index is 2.03. The molecule has 0 spiro atoms. The molecule has 1 fully saturated rings. The Morgan fingerprint density at radius 3 is 2.58 bits per heavy atom. The lowest BCUT2D eigenvalue weighted by Gasteiger charge is -2.29. The van der Waals surface area contributed by atoms with Crippen molar-refractivity contribution in [2.45, 2.75) is 45.1 Å². The van der Waals surface area contributed by atoms with Gasteiger partial charge in [0.1, 0.15) is 0 Å². The van der Waals surface area contributed by atoms with Crippen molar-refractivity contribution in [1.82, 2.24) is 0 Å². The fourth-order valence-corrected chi connectivity index (χ4v) is 3.28. The van der Waals surface area contributed by atoms with E-state index in [1.54, 1.807) is 6.92 Å². The second-order valence-corrected chi connectivity index (χ2v) is 6.18. The molecule has 1 aliphatic carbocycles. The predicted octanol–water partition coefficient (Wildman–Crippen LogP) is 4.41. The minimum atomic E-state index is -0.463. The number of anilines is 1. The minimum Gasteiger partial charge on any atom is -0.389 e. The molecule has 0 radical (unpaired) electrons. The van der Waals surface area contributed by atoms with Crippen LogP contribution in [-0.4, -0.2) is 18.7 Å². The lowest BCUT2D eigenvalue weighted by molar-refractivity contribution is 0.199. The molecule has 0 saturated heterocycles. The van der Waals surface area contributed by atoms with E-state index in [0.29, 0.717) is 0 Å². The van der Waals surface area contributed by atoms with Gasteiger partial charge in [-0.05, 0) is 43.4 Å². The van der Waals surface area contributed by atoms with Gasteiger partial charge in [0.25, 0.3) is 0 Å². The molecule has 1 aromatic rings. The molecule has 106 valence electrons. The molecule has 1 saturated carbocycles. The first-order valence-electron chi connectivity index (χ1n) is 7.26. The zero-order valence-electron chi connectivity index (χ0n) is 11.9. The highest BCUT2D eigenvalue weighted by Gasteiger charge is 2.17. The highest BCUT2D eigenvalue weighted by molar-refractivity contribution is 6.33. The van der Waals surface area contributed by atoms with E-state index in [0.717, 1.165) is 28.7 Å². The molecular formula is C16H24ClNO. The third kappa shape index (κ3) is 3.87. The van der Waals surface area contributed by atoms with Crippen LogP contribution in [-0.2, 0) is 0 Å². The standard InChI is InChI=1S/C16H24ClNO/c1-12(19)14-8-9-16(15(17)10-14)18(2)11-13-6-4-3-5-7-13/h8-10,12-13,19H,3-7,11H2,1-2H3/t12-/m1/s1. The first-order chi connectivity index (χ1) is 9.08. The van der Waals surface area contributed by atoms with Crippen LogP contribution in [0.5, 0.6) is 0 Å². The summed E-state index contributed by atoms with van der Waals surface area (Å²) >= 11 is 6.33. The van der Waals surface area contributed by atoms with Crippen molar-refractivity contribution in [3.8, 4) is 0 Å². The highest BCUT2D eigenvalue weighted by atomic mass is 35.5. The van der Waals surface area contributed by atoms with Gasteiger partial charge in [-0.3, -0.25) is 0 Å². The van der Waals surface area contributed by atoms with Crippen molar-refractivity contribution < 1.29 is 5.11 Å². The van der Waals surface area contributed by atoms with E-state index in [1.807, 2.05) is 18.2 Å². The molecule has 0 bridgehead atoms. The van der Waals surface area contributed by atoms with E-state index >= 15 is 0 Å². The number of rotatable bonds is 4. The van der Waals surface area contributed by atoms with Gasteiger partial charge >= 0.3 is 0 Å². The smallest absolute Gasteiger partial charge is 0.0762 e. The van der Waals surface area contributed by atoms with Gasteiger partial charge in [-0.2, -0.15) is 0 Å². The van der Waals surface area contributed by atoms with Gasteiger partial charge in [0.15, 0.2) is 0 Å². The summed E-state index contributed by atoms with van der Waals surface area (Å²) in [6.07, 6.45) is 6.35. The van der Waals surface area contributed by atoms with E-state index < -0.39 is 6.10 Å². The fraction of sp³-hybridized carbons (Fsp3) is 0.625. The third-order valence-electron chi connectivity index (χ3n) is 4.12. The van der Waals surface area contributed by atoms with Gasteiger partial charge in [0, 0.05) is 13.6 Å². The molecule has 1 atom stereocenters. The van der Waals surface area contributed by atoms with Gasteiger partial charge in [-0.1, -0.05) is 36.9 Å². The van der Waals surface area contributed by atoms with Crippen molar-refractivity contribution in [1.29, 1.82) is 0 Å². The molecule has 1 aliphatic rings. The molecule has 1 N–H and O–H groups in total. The number of aliphatic hydroxyl groups excluding tert-OH is 1. The van der Waals surface area contributed by atoms with E-state index in [9.17, 15) is 5.11 Å². The summed E-state index contributed by atoms with van der Waals surface area (Å²) in [6.45, 7) is 2.84. The number of aliphatic hydroxyl groups is 1. The molecular weight excluding hydrogens is 258 g/mol. The van der Waals surface area contributed by atoms with Crippen LogP contribution >= 0.6 is 11.6 Å². The van der Waals surface area contributed by atoms with E-state index in [4.69, 9.17) is 11.6 Å². The normalized spacial score (nSPS) is 18.3. The Hall–Kier alpha value is -0.730. The van der Waals surface area contributed by atoms with Crippen LogP contribution in [0.1, 0.15) is 50.7 Å². The van der Waals surface area contributed by atoms with E-state index in [2.05, 4.69) is 11.9 Å². The number of hydrogen-bond acceptors (Lipinski definition) is 2. The summed E-state index contributed by atoms with van der Waals surface area (Å²) in [6, 6.07) is 5.86. The zero-order chi connectivity index (χ0) is 13.8. The number of hydrogen-bond donors (Lipinski definition) is 1. The summed E-state index contributed by atoms with van der Waals surface area (Å²) in [5.74, 6) is 0.797. The molecule has 0 amide bonds. The summed E-state index contributed by atoms with van der Waals surface area (Å²) in [7, 11) is 2.11. The molecule has 3 heteroatoms. The van der Waals surface area contributed by atoms with Crippen LogP contribution in [0.3, 0.4) is 0 Å². The molecule has 0 aliphatic heterocycles. The first kappa shape index (κ1) is 14.7. The van der Waals surface area contributed by atoms with E-state index in [1.165, 1.54) is 32.1 Å². The van der Waals surface area contributed by atoms with Crippen molar-refractivity contribution in [2.24, 2.45) is 5.92 Å². The maximum atomic E-state index is 9.57. The average molecular weight is 282 g/mol. The van der Waals surface area contributed by atoms with Crippen LogP contribution in [0, 0.1) is 5.92 Å². The molecule has 1 aromatic carbocycles. The lowest BCUT2D eigenvalue weighted by atomic mass is 9.89. The Morgan fingerprint density at radius 1 is 1.32 bits per heavy atom. The maximum absolute atomic E-state index is 9.57.